The van der Waals surface area contributed by atoms with E-state index in [1.165, 1.54) is 0 Å². The largest absolute Gasteiger partial charge is 0.339 e. The molecule has 0 spiro atoms. The van der Waals surface area contributed by atoms with Gasteiger partial charge in [-0.3, -0.25) is 4.79 Å². The summed E-state index contributed by atoms with van der Waals surface area (Å²) in [7, 11) is 0. The topological polar surface area (TPSA) is 56.0 Å². The number of nitrogens with zero attached hydrogens (tertiary/aromatic N) is 2. The highest BCUT2D eigenvalue weighted by molar-refractivity contribution is 5.82. The van der Waals surface area contributed by atoms with Gasteiger partial charge in [0.15, 0.2) is 5.78 Å². The molecule has 6 heteroatoms. The SMILES string of the molecule is CCc1nc(-c2ccc3c(c2)CC[C@H]3CC(=O)C(F)F)no1. The van der Waals surface area contributed by atoms with Gasteiger partial charge in [-0.15, -0.1) is 0 Å². The van der Waals surface area contributed by atoms with E-state index in [4.69, 9.17) is 4.52 Å². The lowest BCUT2D eigenvalue weighted by Gasteiger charge is -2.10. The number of carbonyl (C=O) groups is 1. The number of rotatable bonds is 5. The van der Waals surface area contributed by atoms with Crippen molar-refractivity contribution >= 4 is 5.78 Å². The fourth-order valence-corrected chi connectivity index (χ4v) is 2.90. The minimum Gasteiger partial charge on any atom is -0.339 e. The molecule has 0 bridgehead atoms. The van der Waals surface area contributed by atoms with Crippen LogP contribution in [0.3, 0.4) is 0 Å². The van der Waals surface area contributed by atoms with Crippen LogP contribution < -0.4 is 0 Å². The third-order valence-corrected chi connectivity index (χ3v) is 4.06. The van der Waals surface area contributed by atoms with E-state index in [1.807, 2.05) is 25.1 Å². The Morgan fingerprint density at radius 3 is 2.95 bits per heavy atom. The molecule has 116 valence electrons. The summed E-state index contributed by atoms with van der Waals surface area (Å²) < 4.78 is 29.9. The number of ketones is 1. The Bertz CT molecular complexity index is 697. The van der Waals surface area contributed by atoms with Crippen LogP contribution in [0.2, 0.25) is 0 Å². The molecule has 0 saturated carbocycles. The number of carbonyl (C=O) groups excluding carboxylic acids is 1. The predicted octanol–water partition coefficient (Wildman–Crippen LogP) is 3.55. The van der Waals surface area contributed by atoms with Crippen LogP contribution in [-0.2, 0) is 17.6 Å². The Morgan fingerprint density at radius 2 is 2.27 bits per heavy atom. The van der Waals surface area contributed by atoms with Crippen LogP contribution in [-0.4, -0.2) is 22.3 Å². The first-order valence-corrected chi connectivity index (χ1v) is 7.35. The van der Waals surface area contributed by atoms with Crippen molar-refractivity contribution in [3.63, 3.8) is 0 Å². The van der Waals surface area contributed by atoms with E-state index in [0.717, 1.165) is 29.5 Å². The number of benzene rings is 1. The van der Waals surface area contributed by atoms with Crippen LogP contribution in [0.5, 0.6) is 0 Å². The van der Waals surface area contributed by atoms with E-state index in [0.29, 0.717) is 18.1 Å². The minimum atomic E-state index is -2.88. The lowest BCUT2D eigenvalue weighted by atomic mass is 9.95. The van der Waals surface area contributed by atoms with E-state index >= 15 is 0 Å². The molecule has 0 N–H and O–H groups in total. The molecule has 1 aromatic carbocycles. The molecule has 1 aliphatic carbocycles. The fraction of sp³-hybridized carbons (Fsp3) is 0.438. The van der Waals surface area contributed by atoms with Gasteiger partial charge in [-0.05, 0) is 36.0 Å². The van der Waals surface area contributed by atoms with Gasteiger partial charge in [0.1, 0.15) is 0 Å². The van der Waals surface area contributed by atoms with Crippen molar-refractivity contribution < 1.29 is 18.1 Å². The van der Waals surface area contributed by atoms with Gasteiger partial charge in [0.2, 0.25) is 11.7 Å². The smallest absolute Gasteiger partial charge is 0.296 e. The molecule has 1 aromatic heterocycles. The maximum atomic E-state index is 12.4. The second-order valence-electron chi connectivity index (χ2n) is 5.49. The van der Waals surface area contributed by atoms with Crippen LogP contribution in [0, 0.1) is 0 Å². The fourth-order valence-electron chi connectivity index (χ4n) is 2.90. The molecule has 3 rings (SSSR count). The van der Waals surface area contributed by atoms with Crippen LogP contribution >= 0.6 is 0 Å². The Morgan fingerprint density at radius 1 is 1.45 bits per heavy atom. The van der Waals surface area contributed by atoms with E-state index in [1.54, 1.807) is 0 Å². The summed E-state index contributed by atoms with van der Waals surface area (Å²) >= 11 is 0. The summed E-state index contributed by atoms with van der Waals surface area (Å²) in [5, 5.41) is 3.93. The maximum Gasteiger partial charge on any atom is 0.296 e. The van der Waals surface area contributed by atoms with E-state index in [2.05, 4.69) is 10.1 Å². The average Bonchev–Trinajstić information content (AvgIpc) is 3.13. The highest BCUT2D eigenvalue weighted by atomic mass is 19.3. The maximum absolute atomic E-state index is 12.4. The number of alkyl halides is 2. The number of fused-ring (bicyclic) bond motifs is 1. The van der Waals surface area contributed by atoms with Crippen molar-refractivity contribution in [2.45, 2.75) is 45.0 Å². The van der Waals surface area contributed by atoms with E-state index in [9.17, 15) is 13.6 Å². The zero-order valence-corrected chi connectivity index (χ0v) is 12.2. The number of aryl methyl sites for hydroxylation is 2. The van der Waals surface area contributed by atoms with Gasteiger partial charge < -0.3 is 4.52 Å². The molecule has 0 saturated heterocycles. The predicted molar refractivity (Wildman–Crippen MR) is 75.8 cm³/mol. The summed E-state index contributed by atoms with van der Waals surface area (Å²) in [4.78, 5) is 15.5. The first-order valence-electron chi connectivity index (χ1n) is 7.35. The molecular weight excluding hydrogens is 290 g/mol. The molecule has 1 atom stereocenters. The zero-order chi connectivity index (χ0) is 15.7. The Balaban J connectivity index is 1.82. The van der Waals surface area contributed by atoms with E-state index < -0.39 is 12.2 Å². The van der Waals surface area contributed by atoms with Crippen LogP contribution in [0.1, 0.15) is 42.7 Å². The van der Waals surface area contributed by atoms with Crippen molar-refractivity contribution in [1.29, 1.82) is 0 Å². The van der Waals surface area contributed by atoms with Crippen molar-refractivity contribution in [3.8, 4) is 11.4 Å². The normalized spacial score (nSPS) is 17.0. The van der Waals surface area contributed by atoms with Gasteiger partial charge in [-0.2, -0.15) is 4.98 Å². The number of halogens is 2. The molecule has 22 heavy (non-hydrogen) atoms. The van der Waals surface area contributed by atoms with Crippen LogP contribution in [0.15, 0.2) is 22.7 Å². The molecule has 1 heterocycles. The number of hydrogen-bond acceptors (Lipinski definition) is 4. The third kappa shape index (κ3) is 2.77. The molecule has 0 unspecified atom stereocenters. The van der Waals surface area contributed by atoms with Gasteiger partial charge in [0.25, 0.3) is 6.43 Å². The summed E-state index contributed by atoms with van der Waals surface area (Å²) in [6, 6.07) is 5.71. The van der Waals surface area contributed by atoms with Crippen molar-refractivity contribution in [2.75, 3.05) is 0 Å². The molecule has 2 aromatic rings. The van der Waals surface area contributed by atoms with Crippen LogP contribution in [0.4, 0.5) is 8.78 Å². The second kappa shape index (κ2) is 5.94. The molecular formula is C16H16F2N2O2. The lowest BCUT2D eigenvalue weighted by Crippen LogP contribution is -2.13. The van der Waals surface area contributed by atoms with Crippen LogP contribution in [0.25, 0.3) is 11.4 Å². The third-order valence-electron chi connectivity index (χ3n) is 4.06. The summed E-state index contributed by atoms with van der Waals surface area (Å²) in [5.41, 5.74) is 2.91. The van der Waals surface area contributed by atoms with E-state index in [-0.39, 0.29) is 12.3 Å². The van der Waals surface area contributed by atoms with Crippen molar-refractivity contribution in [3.05, 3.63) is 35.2 Å². The monoisotopic (exact) mass is 306 g/mol. The standard InChI is InChI=1S/C16H16F2N2O2/c1-2-14-19-16(20-22-14)11-5-6-12-9(7-11)3-4-10(12)8-13(21)15(17)18/h5-7,10,15H,2-4,8H2,1H3/t10-/m0/s1. The highest BCUT2D eigenvalue weighted by Crippen LogP contribution is 2.37. The Kier molecular flexibility index (Phi) is 4.00. The van der Waals surface area contributed by atoms with Gasteiger partial charge in [0.05, 0.1) is 0 Å². The van der Waals surface area contributed by atoms with Gasteiger partial charge in [-0.1, -0.05) is 24.2 Å². The molecule has 0 aliphatic heterocycles. The first-order chi connectivity index (χ1) is 10.6. The average molecular weight is 306 g/mol. The quantitative estimate of drug-likeness (QED) is 0.847. The molecule has 0 radical (unpaired) electrons. The van der Waals surface area contributed by atoms with Crippen molar-refractivity contribution in [1.82, 2.24) is 10.1 Å². The lowest BCUT2D eigenvalue weighted by molar-refractivity contribution is -0.129. The molecule has 0 amide bonds. The number of aromatic nitrogens is 2. The summed E-state index contributed by atoms with van der Waals surface area (Å²) in [5.74, 6) is 0.0253. The zero-order valence-electron chi connectivity index (χ0n) is 12.2. The summed E-state index contributed by atoms with van der Waals surface area (Å²) in [6.07, 6.45) is -0.788. The van der Waals surface area contributed by atoms with Gasteiger partial charge in [-0.25, -0.2) is 8.78 Å². The second-order valence-corrected chi connectivity index (χ2v) is 5.49. The molecule has 1 aliphatic rings. The van der Waals surface area contributed by atoms with Crippen molar-refractivity contribution in [2.24, 2.45) is 0 Å². The first kappa shape index (κ1) is 14.8. The molecule has 0 fully saturated rings. The Labute approximate surface area is 126 Å². The van der Waals surface area contributed by atoms with Gasteiger partial charge in [0, 0.05) is 18.4 Å². The highest BCUT2D eigenvalue weighted by Gasteiger charge is 2.28. The van der Waals surface area contributed by atoms with Gasteiger partial charge >= 0.3 is 0 Å². The molecule has 4 nitrogen and oxygen atoms in total. The minimum absolute atomic E-state index is 0.0911. The number of hydrogen-bond donors (Lipinski definition) is 0. The number of Topliss-reactive ketones (excluding diaryl/α,β-unsaturated/α-hetero) is 1. The Hall–Kier alpha value is -2.11. The summed E-state index contributed by atoms with van der Waals surface area (Å²) in [6.45, 7) is 1.94.